The molecule has 4 nitrogen and oxygen atoms in total. The summed E-state index contributed by atoms with van der Waals surface area (Å²) < 4.78 is 4.92. The fourth-order valence-corrected chi connectivity index (χ4v) is 1.57. The molecule has 0 spiro atoms. The van der Waals surface area contributed by atoms with Gasteiger partial charge in [-0.2, -0.15) is 0 Å². The first-order valence-corrected chi connectivity index (χ1v) is 3.99. The van der Waals surface area contributed by atoms with E-state index in [1.807, 2.05) is 0 Å². The Bertz CT molecular complexity index is 316. The highest BCUT2D eigenvalue weighted by Gasteiger charge is 2.39. The molecule has 1 aliphatic rings. The summed E-state index contributed by atoms with van der Waals surface area (Å²) in [6.45, 7) is 5.05. The van der Waals surface area contributed by atoms with Crippen LogP contribution >= 0.6 is 0 Å². The van der Waals surface area contributed by atoms with Crippen LogP contribution in [0, 0.1) is 0 Å². The van der Waals surface area contributed by atoms with E-state index in [0.717, 1.165) is 17.8 Å². The van der Waals surface area contributed by atoms with Gasteiger partial charge in [0.15, 0.2) is 0 Å². The van der Waals surface area contributed by atoms with Gasteiger partial charge in [-0.1, -0.05) is 5.16 Å². The third kappa shape index (κ3) is 0.728. The Morgan fingerprint density at radius 2 is 2.25 bits per heavy atom. The SMILES string of the molecule is CN1Cc2c(noc2N)C1(C)C. The van der Waals surface area contributed by atoms with Crippen LogP contribution in [0.1, 0.15) is 25.1 Å². The zero-order chi connectivity index (χ0) is 8.93. The molecule has 0 bridgehead atoms. The molecule has 4 heteroatoms. The quantitative estimate of drug-likeness (QED) is 0.624. The molecule has 0 atom stereocenters. The van der Waals surface area contributed by atoms with E-state index in [9.17, 15) is 0 Å². The van der Waals surface area contributed by atoms with Crippen LogP contribution in [0.5, 0.6) is 0 Å². The van der Waals surface area contributed by atoms with Gasteiger partial charge in [-0.05, 0) is 20.9 Å². The van der Waals surface area contributed by atoms with E-state index >= 15 is 0 Å². The van der Waals surface area contributed by atoms with Gasteiger partial charge in [-0.25, -0.2) is 0 Å². The standard InChI is InChI=1S/C8H13N3O/c1-8(2)6-5(4-11(8)3)7(9)12-10-6/h4,9H2,1-3H3. The van der Waals surface area contributed by atoms with Gasteiger partial charge in [-0.3, -0.25) is 4.90 Å². The Morgan fingerprint density at radius 1 is 1.58 bits per heavy atom. The summed E-state index contributed by atoms with van der Waals surface area (Å²) in [7, 11) is 2.06. The van der Waals surface area contributed by atoms with Crippen molar-refractivity contribution in [2.45, 2.75) is 25.9 Å². The number of fused-ring (bicyclic) bond motifs is 1. The molecule has 2 rings (SSSR count). The van der Waals surface area contributed by atoms with Crippen molar-refractivity contribution in [3.05, 3.63) is 11.3 Å². The first-order chi connectivity index (χ1) is 5.53. The zero-order valence-corrected chi connectivity index (χ0v) is 7.59. The summed E-state index contributed by atoms with van der Waals surface area (Å²) in [5.41, 5.74) is 7.59. The van der Waals surface area contributed by atoms with Crippen LogP contribution < -0.4 is 5.73 Å². The average Bonchev–Trinajstić information content (AvgIpc) is 2.41. The molecular formula is C8H13N3O. The van der Waals surface area contributed by atoms with Crippen molar-refractivity contribution in [1.29, 1.82) is 0 Å². The third-order valence-corrected chi connectivity index (χ3v) is 2.75. The van der Waals surface area contributed by atoms with Crippen LogP contribution in [-0.4, -0.2) is 17.1 Å². The number of hydrogen-bond donors (Lipinski definition) is 1. The minimum Gasteiger partial charge on any atom is -0.367 e. The van der Waals surface area contributed by atoms with Crippen LogP contribution in [0.4, 0.5) is 5.88 Å². The highest BCUT2D eigenvalue weighted by Crippen LogP contribution is 2.38. The Labute approximate surface area is 71.3 Å². The fourth-order valence-electron chi connectivity index (χ4n) is 1.57. The highest BCUT2D eigenvalue weighted by atomic mass is 16.5. The molecule has 12 heavy (non-hydrogen) atoms. The molecule has 0 saturated carbocycles. The smallest absolute Gasteiger partial charge is 0.226 e. The van der Waals surface area contributed by atoms with Crippen molar-refractivity contribution in [2.24, 2.45) is 0 Å². The lowest BCUT2D eigenvalue weighted by atomic mass is 10.0. The normalized spacial score (nSPS) is 21.2. The van der Waals surface area contributed by atoms with Crippen molar-refractivity contribution in [1.82, 2.24) is 10.1 Å². The van der Waals surface area contributed by atoms with Crippen molar-refractivity contribution >= 4 is 5.88 Å². The lowest BCUT2D eigenvalue weighted by Gasteiger charge is -2.26. The highest BCUT2D eigenvalue weighted by molar-refractivity contribution is 5.44. The largest absolute Gasteiger partial charge is 0.367 e. The summed E-state index contributed by atoms with van der Waals surface area (Å²) in [5, 5.41) is 3.96. The number of rotatable bonds is 0. The average molecular weight is 167 g/mol. The summed E-state index contributed by atoms with van der Waals surface area (Å²) in [4.78, 5) is 2.20. The van der Waals surface area contributed by atoms with Crippen LogP contribution in [0.2, 0.25) is 0 Å². The molecule has 0 aromatic carbocycles. The van der Waals surface area contributed by atoms with Crippen LogP contribution in [0.15, 0.2) is 4.52 Å². The second kappa shape index (κ2) is 2.01. The maximum atomic E-state index is 5.62. The van der Waals surface area contributed by atoms with Crippen LogP contribution in [-0.2, 0) is 12.1 Å². The van der Waals surface area contributed by atoms with Crippen molar-refractivity contribution < 1.29 is 4.52 Å². The summed E-state index contributed by atoms with van der Waals surface area (Å²) in [6.07, 6.45) is 0. The number of hydrogen-bond acceptors (Lipinski definition) is 4. The van der Waals surface area contributed by atoms with Gasteiger partial charge in [-0.15, -0.1) is 0 Å². The summed E-state index contributed by atoms with van der Waals surface area (Å²) in [6, 6.07) is 0. The predicted octanol–water partition coefficient (Wildman–Crippen LogP) is 0.937. The molecular weight excluding hydrogens is 154 g/mol. The fraction of sp³-hybridized carbons (Fsp3) is 0.625. The van der Waals surface area contributed by atoms with E-state index in [1.165, 1.54) is 0 Å². The number of anilines is 1. The van der Waals surface area contributed by atoms with E-state index in [1.54, 1.807) is 0 Å². The zero-order valence-electron chi connectivity index (χ0n) is 7.59. The molecule has 1 aromatic heterocycles. The van der Waals surface area contributed by atoms with E-state index in [2.05, 4.69) is 31.0 Å². The topological polar surface area (TPSA) is 55.3 Å². The van der Waals surface area contributed by atoms with Crippen molar-refractivity contribution in [2.75, 3.05) is 12.8 Å². The molecule has 0 unspecified atom stereocenters. The molecule has 0 saturated heterocycles. The Hall–Kier alpha value is -1.03. The maximum Gasteiger partial charge on any atom is 0.226 e. The molecule has 0 amide bonds. The van der Waals surface area contributed by atoms with Crippen LogP contribution in [0.3, 0.4) is 0 Å². The molecule has 0 radical (unpaired) electrons. The van der Waals surface area contributed by atoms with E-state index in [-0.39, 0.29) is 5.54 Å². The number of aromatic nitrogens is 1. The van der Waals surface area contributed by atoms with Crippen LogP contribution in [0.25, 0.3) is 0 Å². The first-order valence-electron chi connectivity index (χ1n) is 3.99. The van der Waals surface area contributed by atoms with Gasteiger partial charge in [0, 0.05) is 6.54 Å². The number of nitrogens with two attached hydrogens (primary N) is 1. The monoisotopic (exact) mass is 167 g/mol. The molecule has 66 valence electrons. The van der Waals surface area contributed by atoms with Gasteiger partial charge >= 0.3 is 0 Å². The van der Waals surface area contributed by atoms with Gasteiger partial charge < -0.3 is 10.3 Å². The molecule has 1 aromatic rings. The second-order valence-corrected chi connectivity index (χ2v) is 3.79. The van der Waals surface area contributed by atoms with E-state index in [0.29, 0.717) is 5.88 Å². The predicted molar refractivity (Wildman–Crippen MR) is 45.4 cm³/mol. The number of nitrogen functional groups attached to an aromatic ring is 1. The maximum absolute atomic E-state index is 5.62. The minimum absolute atomic E-state index is 0.0452. The summed E-state index contributed by atoms with van der Waals surface area (Å²) in [5.74, 6) is 0.461. The van der Waals surface area contributed by atoms with E-state index in [4.69, 9.17) is 10.3 Å². The van der Waals surface area contributed by atoms with Gasteiger partial charge in [0.2, 0.25) is 5.88 Å². The molecule has 0 aliphatic carbocycles. The third-order valence-electron chi connectivity index (χ3n) is 2.75. The van der Waals surface area contributed by atoms with Crippen molar-refractivity contribution in [3.63, 3.8) is 0 Å². The first kappa shape index (κ1) is 7.61. The molecule has 2 heterocycles. The van der Waals surface area contributed by atoms with E-state index < -0.39 is 0 Å². The second-order valence-electron chi connectivity index (χ2n) is 3.79. The van der Waals surface area contributed by atoms with Crippen molar-refractivity contribution in [3.8, 4) is 0 Å². The lowest BCUT2D eigenvalue weighted by molar-refractivity contribution is 0.165. The molecule has 0 fully saturated rings. The van der Waals surface area contributed by atoms with Gasteiger partial charge in [0.05, 0.1) is 11.1 Å². The number of nitrogens with zero attached hydrogens (tertiary/aromatic N) is 2. The molecule has 1 aliphatic heterocycles. The lowest BCUT2D eigenvalue weighted by Crippen LogP contribution is -2.32. The Kier molecular flexibility index (Phi) is 1.28. The van der Waals surface area contributed by atoms with Gasteiger partial charge in [0.25, 0.3) is 0 Å². The summed E-state index contributed by atoms with van der Waals surface area (Å²) >= 11 is 0. The minimum atomic E-state index is -0.0452. The van der Waals surface area contributed by atoms with Gasteiger partial charge in [0.1, 0.15) is 5.69 Å². The Morgan fingerprint density at radius 3 is 2.83 bits per heavy atom. The Balaban J connectivity index is 2.56. The molecule has 2 N–H and O–H groups in total.